The van der Waals surface area contributed by atoms with E-state index in [1.165, 1.54) is 10.5 Å². The van der Waals surface area contributed by atoms with Crippen LogP contribution >= 0.6 is 11.8 Å². The SMILES string of the molecule is CCOc1ccccc1CCCNC(=O)CCSc1ccccc1. The number of hydrogen-bond acceptors (Lipinski definition) is 3. The lowest BCUT2D eigenvalue weighted by Crippen LogP contribution is -2.25. The molecule has 2 rings (SSSR count). The van der Waals surface area contributed by atoms with Crippen molar-refractivity contribution in [2.24, 2.45) is 0 Å². The molecule has 4 heteroatoms. The third-order valence-corrected chi connectivity index (χ3v) is 4.57. The molecule has 24 heavy (non-hydrogen) atoms. The van der Waals surface area contributed by atoms with Crippen LogP contribution in [0.15, 0.2) is 59.5 Å². The Morgan fingerprint density at radius 1 is 1.08 bits per heavy atom. The van der Waals surface area contributed by atoms with Gasteiger partial charge in [-0.1, -0.05) is 36.4 Å². The summed E-state index contributed by atoms with van der Waals surface area (Å²) in [5, 5.41) is 3.00. The number of hydrogen-bond donors (Lipinski definition) is 1. The standard InChI is InChI=1S/C20H25NO2S/c1-2-23-19-13-7-6-9-17(19)10-8-15-21-20(22)14-16-24-18-11-4-3-5-12-18/h3-7,9,11-13H,2,8,10,14-16H2,1H3,(H,21,22). The minimum absolute atomic E-state index is 0.122. The molecule has 0 aliphatic heterocycles. The normalized spacial score (nSPS) is 10.4. The highest BCUT2D eigenvalue weighted by Crippen LogP contribution is 2.19. The second kappa shape index (κ2) is 10.8. The van der Waals surface area contributed by atoms with E-state index in [0.29, 0.717) is 19.6 Å². The quantitative estimate of drug-likeness (QED) is 0.516. The van der Waals surface area contributed by atoms with Gasteiger partial charge in [-0.15, -0.1) is 11.8 Å². The number of carbonyl (C=O) groups excluding carboxylic acids is 1. The van der Waals surface area contributed by atoms with Gasteiger partial charge in [-0.2, -0.15) is 0 Å². The molecule has 0 saturated carbocycles. The summed E-state index contributed by atoms with van der Waals surface area (Å²) in [5.74, 6) is 1.88. The number of thioether (sulfide) groups is 1. The van der Waals surface area contributed by atoms with Gasteiger partial charge in [-0.3, -0.25) is 4.79 Å². The molecular weight excluding hydrogens is 318 g/mol. The molecule has 128 valence electrons. The largest absolute Gasteiger partial charge is 0.494 e. The molecule has 0 radical (unpaired) electrons. The van der Waals surface area contributed by atoms with Gasteiger partial charge < -0.3 is 10.1 Å². The number of rotatable bonds is 10. The Hall–Kier alpha value is -1.94. The first-order chi connectivity index (χ1) is 11.8. The van der Waals surface area contributed by atoms with Crippen LogP contribution in [0.1, 0.15) is 25.3 Å². The topological polar surface area (TPSA) is 38.3 Å². The third kappa shape index (κ3) is 6.67. The number of carbonyl (C=O) groups is 1. The van der Waals surface area contributed by atoms with Crippen LogP contribution in [0.4, 0.5) is 0 Å². The lowest BCUT2D eigenvalue weighted by molar-refractivity contribution is -0.120. The van der Waals surface area contributed by atoms with Crippen molar-refractivity contribution >= 4 is 17.7 Å². The van der Waals surface area contributed by atoms with E-state index in [0.717, 1.165) is 24.3 Å². The number of aryl methyl sites for hydroxylation is 1. The van der Waals surface area contributed by atoms with E-state index >= 15 is 0 Å². The summed E-state index contributed by atoms with van der Waals surface area (Å²) < 4.78 is 5.62. The Kier molecular flexibility index (Phi) is 8.25. The van der Waals surface area contributed by atoms with Crippen LogP contribution in [-0.4, -0.2) is 24.8 Å². The molecule has 0 heterocycles. The van der Waals surface area contributed by atoms with Crippen molar-refractivity contribution in [2.75, 3.05) is 18.9 Å². The van der Waals surface area contributed by atoms with E-state index in [2.05, 4.69) is 23.5 Å². The van der Waals surface area contributed by atoms with Gasteiger partial charge in [0, 0.05) is 23.6 Å². The van der Waals surface area contributed by atoms with Crippen molar-refractivity contribution in [3.63, 3.8) is 0 Å². The van der Waals surface area contributed by atoms with Gasteiger partial charge >= 0.3 is 0 Å². The predicted octanol–water partition coefficient (Wildman–Crippen LogP) is 4.32. The Morgan fingerprint density at radius 2 is 1.83 bits per heavy atom. The number of amides is 1. The predicted molar refractivity (Wildman–Crippen MR) is 101 cm³/mol. The van der Waals surface area contributed by atoms with Gasteiger partial charge in [0.05, 0.1) is 6.61 Å². The summed E-state index contributed by atoms with van der Waals surface area (Å²) in [6.07, 6.45) is 2.38. The maximum absolute atomic E-state index is 11.9. The van der Waals surface area contributed by atoms with Crippen LogP contribution < -0.4 is 10.1 Å². The highest BCUT2D eigenvalue weighted by molar-refractivity contribution is 7.99. The zero-order chi connectivity index (χ0) is 17.0. The summed E-state index contributed by atoms with van der Waals surface area (Å²) in [5.41, 5.74) is 1.20. The fourth-order valence-corrected chi connectivity index (χ4v) is 3.25. The average Bonchev–Trinajstić information content (AvgIpc) is 2.61. The van der Waals surface area contributed by atoms with Crippen molar-refractivity contribution in [3.05, 3.63) is 60.2 Å². The minimum atomic E-state index is 0.122. The van der Waals surface area contributed by atoms with Crippen molar-refractivity contribution in [1.29, 1.82) is 0 Å². The smallest absolute Gasteiger partial charge is 0.220 e. The van der Waals surface area contributed by atoms with Crippen molar-refractivity contribution in [2.45, 2.75) is 31.1 Å². The van der Waals surface area contributed by atoms with E-state index in [1.54, 1.807) is 11.8 Å². The average molecular weight is 343 g/mol. The van der Waals surface area contributed by atoms with Crippen LogP contribution in [0.25, 0.3) is 0 Å². The van der Waals surface area contributed by atoms with Crippen molar-refractivity contribution in [3.8, 4) is 5.75 Å². The maximum atomic E-state index is 11.9. The first-order valence-corrected chi connectivity index (χ1v) is 9.43. The van der Waals surface area contributed by atoms with Gasteiger partial charge in [0.15, 0.2) is 0 Å². The highest BCUT2D eigenvalue weighted by atomic mass is 32.2. The van der Waals surface area contributed by atoms with E-state index in [4.69, 9.17) is 4.74 Å². The summed E-state index contributed by atoms with van der Waals surface area (Å²) in [6.45, 7) is 3.37. The number of benzene rings is 2. The minimum Gasteiger partial charge on any atom is -0.494 e. The second-order valence-corrected chi connectivity index (χ2v) is 6.57. The molecule has 0 fully saturated rings. The zero-order valence-corrected chi connectivity index (χ0v) is 15.0. The van der Waals surface area contributed by atoms with Crippen LogP contribution in [0, 0.1) is 0 Å². The molecular formula is C20H25NO2S. The molecule has 0 bridgehead atoms. The Balaban J connectivity index is 1.61. The summed E-state index contributed by atoms with van der Waals surface area (Å²) in [7, 11) is 0. The van der Waals surface area contributed by atoms with Gasteiger partial charge in [0.25, 0.3) is 0 Å². The van der Waals surface area contributed by atoms with Crippen molar-refractivity contribution in [1.82, 2.24) is 5.32 Å². The van der Waals surface area contributed by atoms with Gasteiger partial charge in [-0.25, -0.2) is 0 Å². The zero-order valence-electron chi connectivity index (χ0n) is 14.2. The molecule has 2 aromatic rings. The summed E-state index contributed by atoms with van der Waals surface area (Å²) in [6, 6.07) is 18.3. The molecule has 2 aromatic carbocycles. The Bertz CT molecular complexity index is 616. The third-order valence-electron chi connectivity index (χ3n) is 3.56. The monoisotopic (exact) mass is 343 g/mol. The lowest BCUT2D eigenvalue weighted by Gasteiger charge is -2.10. The van der Waals surface area contributed by atoms with E-state index in [-0.39, 0.29) is 5.91 Å². The molecule has 3 nitrogen and oxygen atoms in total. The van der Waals surface area contributed by atoms with Crippen LogP contribution in [0.5, 0.6) is 5.75 Å². The second-order valence-electron chi connectivity index (χ2n) is 5.41. The molecule has 0 aromatic heterocycles. The fourth-order valence-electron chi connectivity index (χ4n) is 2.38. The highest BCUT2D eigenvalue weighted by Gasteiger charge is 2.04. The maximum Gasteiger partial charge on any atom is 0.220 e. The van der Waals surface area contributed by atoms with E-state index in [1.807, 2.05) is 43.3 Å². The Morgan fingerprint density at radius 3 is 2.62 bits per heavy atom. The van der Waals surface area contributed by atoms with Gasteiger partial charge in [0.2, 0.25) is 5.91 Å². The first-order valence-electron chi connectivity index (χ1n) is 8.45. The molecule has 1 N–H and O–H groups in total. The van der Waals surface area contributed by atoms with Gasteiger partial charge in [-0.05, 0) is 43.5 Å². The molecule has 0 atom stereocenters. The van der Waals surface area contributed by atoms with Crippen LogP contribution in [0.3, 0.4) is 0 Å². The van der Waals surface area contributed by atoms with Gasteiger partial charge in [0.1, 0.15) is 5.75 Å². The van der Waals surface area contributed by atoms with Crippen molar-refractivity contribution < 1.29 is 9.53 Å². The molecule has 0 aliphatic carbocycles. The number of para-hydroxylation sites is 1. The molecule has 0 unspecified atom stereocenters. The van der Waals surface area contributed by atoms with Crippen LogP contribution in [-0.2, 0) is 11.2 Å². The van der Waals surface area contributed by atoms with E-state index < -0.39 is 0 Å². The van der Waals surface area contributed by atoms with E-state index in [9.17, 15) is 4.79 Å². The lowest BCUT2D eigenvalue weighted by atomic mass is 10.1. The molecule has 0 spiro atoms. The Labute approximate surface area is 148 Å². The first kappa shape index (κ1) is 18.4. The fraction of sp³-hybridized carbons (Fsp3) is 0.350. The molecule has 0 saturated heterocycles. The molecule has 0 aliphatic rings. The summed E-state index contributed by atoms with van der Waals surface area (Å²) in [4.78, 5) is 13.1. The molecule has 1 amide bonds. The number of nitrogens with one attached hydrogen (secondary N) is 1. The van der Waals surface area contributed by atoms with Crippen LogP contribution in [0.2, 0.25) is 0 Å². The summed E-state index contributed by atoms with van der Waals surface area (Å²) >= 11 is 1.71. The number of ether oxygens (including phenoxy) is 1.